The number of unbranched alkanes of at least 4 members (excludes halogenated alkanes) is 8. The Bertz CT molecular complexity index is 419. The Morgan fingerprint density at radius 1 is 0.931 bits per heavy atom. The Kier molecular flexibility index (Phi) is 14.5. The van der Waals surface area contributed by atoms with Crippen LogP contribution in [0.5, 0.6) is 0 Å². The average molecular weight is 421 g/mol. The smallest absolute Gasteiger partial charge is 0.184 e. The summed E-state index contributed by atoms with van der Waals surface area (Å²) in [6.45, 7) is 1.49. The summed E-state index contributed by atoms with van der Waals surface area (Å²) in [4.78, 5) is 0. The van der Waals surface area contributed by atoms with Crippen LogP contribution < -0.4 is 0 Å². The van der Waals surface area contributed by atoms with Crippen molar-refractivity contribution in [2.75, 3.05) is 19.8 Å². The molecule has 0 bridgehead atoms. The van der Waals surface area contributed by atoms with E-state index in [4.69, 9.17) is 19.3 Å². The van der Waals surface area contributed by atoms with Crippen molar-refractivity contribution < 1.29 is 39.7 Å². The van der Waals surface area contributed by atoms with Gasteiger partial charge in [0.1, 0.15) is 37.1 Å². The molecule has 29 heavy (non-hydrogen) atoms. The van der Waals surface area contributed by atoms with Gasteiger partial charge in [-0.1, -0.05) is 51.9 Å². The molecule has 0 aromatic heterocycles. The molecule has 6 atom stereocenters. The lowest BCUT2D eigenvalue weighted by Crippen LogP contribution is -2.59. The summed E-state index contributed by atoms with van der Waals surface area (Å²) in [7, 11) is 0. The molecular formula is C21H40O8. The molecule has 0 spiro atoms. The summed E-state index contributed by atoms with van der Waals surface area (Å²) in [6, 6.07) is 0. The molecule has 8 nitrogen and oxygen atoms in total. The van der Waals surface area contributed by atoms with Crippen molar-refractivity contribution in [3.05, 3.63) is 12.3 Å². The molecule has 5 N–H and O–H groups in total. The third-order valence-electron chi connectivity index (χ3n) is 5.03. The molecule has 0 aromatic carbocycles. The van der Waals surface area contributed by atoms with Gasteiger partial charge >= 0.3 is 0 Å². The molecule has 8 heteroatoms. The fraction of sp³-hybridized carbons (Fsp3) is 0.905. The third kappa shape index (κ3) is 10.7. The third-order valence-corrected chi connectivity index (χ3v) is 5.03. The monoisotopic (exact) mass is 420 g/mol. The van der Waals surface area contributed by atoms with Gasteiger partial charge in [-0.3, -0.25) is 0 Å². The summed E-state index contributed by atoms with van der Waals surface area (Å²) in [5.41, 5.74) is 0. The quantitative estimate of drug-likeness (QED) is 0.186. The minimum Gasteiger partial charge on any atom is -0.499 e. The van der Waals surface area contributed by atoms with Crippen LogP contribution in [0.1, 0.15) is 64.7 Å². The minimum absolute atomic E-state index is 0.00944. The van der Waals surface area contributed by atoms with Crippen molar-refractivity contribution in [1.82, 2.24) is 0 Å². The van der Waals surface area contributed by atoms with Crippen molar-refractivity contribution in [2.24, 2.45) is 0 Å². The van der Waals surface area contributed by atoms with Crippen molar-refractivity contribution in [1.29, 1.82) is 0 Å². The van der Waals surface area contributed by atoms with Gasteiger partial charge in [0.25, 0.3) is 0 Å². The first-order chi connectivity index (χ1) is 14.0. The maximum Gasteiger partial charge on any atom is 0.184 e. The highest BCUT2D eigenvalue weighted by molar-refractivity contribution is 4.89. The highest BCUT2D eigenvalue weighted by Gasteiger charge is 2.44. The number of hydrogen-bond donors (Lipinski definition) is 5. The predicted octanol–water partition coefficient (Wildman–Crippen LogP) is 1.22. The van der Waals surface area contributed by atoms with Gasteiger partial charge in [0.2, 0.25) is 0 Å². The van der Waals surface area contributed by atoms with Gasteiger partial charge in [-0.15, -0.1) is 0 Å². The first-order valence-electron chi connectivity index (χ1n) is 10.9. The number of hydrogen-bond acceptors (Lipinski definition) is 8. The number of ether oxygens (including phenoxy) is 3. The van der Waals surface area contributed by atoms with E-state index in [9.17, 15) is 20.4 Å². The fourth-order valence-electron chi connectivity index (χ4n) is 3.22. The van der Waals surface area contributed by atoms with Gasteiger partial charge in [0.15, 0.2) is 6.29 Å². The fourth-order valence-corrected chi connectivity index (χ4v) is 3.22. The number of aliphatic hydroxyl groups is 5. The minimum atomic E-state index is -1.51. The van der Waals surface area contributed by atoms with Gasteiger partial charge in [-0.2, -0.15) is 0 Å². The SMILES string of the molecule is CCCCCCCCCC/C=C/OCC(O)CO[C@@H]1[C@@H](O)[C@@H](O)[C@@H](CO)O[C@H]1O. The molecule has 1 unspecified atom stereocenters. The maximum absolute atomic E-state index is 9.96. The van der Waals surface area contributed by atoms with E-state index in [0.717, 1.165) is 12.8 Å². The van der Waals surface area contributed by atoms with E-state index < -0.39 is 43.4 Å². The van der Waals surface area contributed by atoms with Crippen LogP contribution >= 0.6 is 0 Å². The highest BCUT2D eigenvalue weighted by Crippen LogP contribution is 2.22. The molecule has 172 valence electrons. The van der Waals surface area contributed by atoms with Crippen LogP contribution in [-0.4, -0.2) is 82.2 Å². The summed E-state index contributed by atoms with van der Waals surface area (Å²) in [5.74, 6) is 0. The Morgan fingerprint density at radius 3 is 2.24 bits per heavy atom. The van der Waals surface area contributed by atoms with E-state index in [0.29, 0.717) is 0 Å². The largest absolute Gasteiger partial charge is 0.499 e. The van der Waals surface area contributed by atoms with Crippen LogP contribution in [0.25, 0.3) is 0 Å². The molecule has 0 amide bonds. The molecule has 1 fully saturated rings. The van der Waals surface area contributed by atoms with E-state index >= 15 is 0 Å². The molecule has 0 aliphatic carbocycles. The molecule has 1 saturated heterocycles. The molecule has 0 aromatic rings. The molecular weight excluding hydrogens is 380 g/mol. The maximum atomic E-state index is 9.96. The zero-order valence-corrected chi connectivity index (χ0v) is 17.6. The second-order valence-corrected chi connectivity index (χ2v) is 7.65. The summed E-state index contributed by atoms with van der Waals surface area (Å²) in [5, 5.41) is 48.5. The Morgan fingerprint density at radius 2 is 1.59 bits per heavy atom. The lowest BCUT2D eigenvalue weighted by Gasteiger charge is -2.39. The van der Waals surface area contributed by atoms with E-state index in [1.807, 2.05) is 6.08 Å². The second kappa shape index (κ2) is 16.0. The predicted molar refractivity (Wildman–Crippen MR) is 108 cm³/mol. The van der Waals surface area contributed by atoms with E-state index in [2.05, 4.69) is 6.92 Å². The van der Waals surface area contributed by atoms with Gasteiger partial charge in [0.05, 0.1) is 19.5 Å². The Balaban J connectivity index is 2.06. The highest BCUT2D eigenvalue weighted by atomic mass is 16.7. The van der Waals surface area contributed by atoms with E-state index in [1.54, 1.807) is 6.26 Å². The topological polar surface area (TPSA) is 129 Å². The van der Waals surface area contributed by atoms with Crippen molar-refractivity contribution in [2.45, 2.75) is 102 Å². The molecule has 0 saturated carbocycles. The zero-order chi connectivity index (χ0) is 21.5. The standard InChI is InChI=1S/C21H40O8/c1-2-3-4-5-6-7-8-9-10-11-12-27-14-16(23)15-28-20-19(25)18(24)17(13-22)29-21(20)26/h11-12,16-26H,2-10,13-15H2,1H3/b12-11+/t16?,17-,18+,19+,20-,21-/m1/s1. The van der Waals surface area contributed by atoms with Gasteiger partial charge in [-0.25, -0.2) is 0 Å². The van der Waals surface area contributed by atoms with E-state index in [1.165, 1.54) is 44.9 Å². The molecule has 1 aliphatic heterocycles. The van der Waals surface area contributed by atoms with Gasteiger partial charge in [-0.05, 0) is 18.9 Å². The molecule has 1 heterocycles. The van der Waals surface area contributed by atoms with Crippen LogP contribution in [0.4, 0.5) is 0 Å². The zero-order valence-electron chi connectivity index (χ0n) is 17.6. The lowest BCUT2D eigenvalue weighted by atomic mass is 9.99. The van der Waals surface area contributed by atoms with Crippen LogP contribution in [0, 0.1) is 0 Å². The van der Waals surface area contributed by atoms with Crippen LogP contribution in [0.2, 0.25) is 0 Å². The molecule has 1 rings (SSSR count). The number of aliphatic hydroxyl groups excluding tert-OH is 5. The molecule has 1 aliphatic rings. The summed E-state index contributed by atoms with van der Waals surface area (Å²) < 4.78 is 15.5. The first-order valence-corrected chi connectivity index (χ1v) is 10.9. The van der Waals surface area contributed by atoms with Crippen LogP contribution in [0.15, 0.2) is 12.3 Å². The average Bonchev–Trinajstić information content (AvgIpc) is 2.71. The number of allylic oxidation sites excluding steroid dienone is 1. The van der Waals surface area contributed by atoms with Gasteiger partial charge in [0, 0.05) is 0 Å². The van der Waals surface area contributed by atoms with Crippen LogP contribution in [-0.2, 0) is 14.2 Å². The summed E-state index contributed by atoms with van der Waals surface area (Å²) in [6.07, 6.45) is 7.01. The van der Waals surface area contributed by atoms with Crippen LogP contribution in [0.3, 0.4) is 0 Å². The van der Waals surface area contributed by atoms with Crippen molar-refractivity contribution >= 4 is 0 Å². The second-order valence-electron chi connectivity index (χ2n) is 7.65. The van der Waals surface area contributed by atoms with Gasteiger partial charge < -0.3 is 39.7 Å². The lowest BCUT2D eigenvalue weighted by molar-refractivity contribution is -0.299. The Labute approximate surface area is 174 Å². The van der Waals surface area contributed by atoms with E-state index in [-0.39, 0.29) is 13.2 Å². The number of rotatable bonds is 16. The Hall–Kier alpha value is -0.740. The van der Waals surface area contributed by atoms with Crippen molar-refractivity contribution in [3.63, 3.8) is 0 Å². The normalized spacial score (nSPS) is 28.7. The molecule has 0 radical (unpaired) electrons. The first kappa shape index (κ1) is 26.3. The van der Waals surface area contributed by atoms with Crippen molar-refractivity contribution in [3.8, 4) is 0 Å². The summed E-state index contributed by atoms with van der Waals surface area (Å²) >= 11 is 0.